The predicted octanol–water partition coefficient (Wildman–Crippen LogP) is 2.25. The van der Waals surface area contributed by atoms with E-state index in [4.69, 9.17) is 16.3 Å². The van der Waals surface area contributed by atoms with Crippen LogP contribution in [0.2, 0.25) is 0 Å². The Balaban J connectivity index is 2.11. The summed E-state index contributed by atoms with van der Waals surface area (Å²) in [4.78, 5) is 25.5. The average molecular weight is 301 g/mol. The van der Waals surface area contributed by atoms with Gasteiger partial charge in [0, 0.05) is 25.2 Å². The number of hydrogen-bond acceptors (Lipinski definition) is 3. The Kier molecular flexibility index (Phi) is 4.00. The van der Waals surface area contributed by atoms with Crippen molar-refractivity contribution in [3.8, 4) is 0 Å². The number of alkyl halides is 1. The van der Waals surface area contributed by atoms with Gasteiger partial charge in [0.25, 0.3) is 0 Å². The number of amides is 2. The second kappa shape index (κ2) is 5.28. The van der Waals surface area contributed by atoms with Crippen LogP contribution in [0.5, 0.6) is 0 Å². The molecule has 6 heteroatoms. The van der Waals surface area contributed by atoms with E-state index in [1.807, 2.05) is 20.8 Å². The lowest BCUT2D eigenvalue weighted by Gasteiger charge is -2.38. The van der Waals surface area contributed by atoms with E-state index in [0.29, 0.717) is 19.5 Å². The first-order valence-corrected chi connectivity index (χ1v) is 7.27. The second-order valence-corrected chi connectivity index (χ2v) is 6.81. The molecule has 112 valence electrons. The molecule has 0 bridgehead atoms. The zero-order chi connectivity index (χ0) is 15.1. The first-order valence-electron chi connectivity index (χ1n) is 6.84. The first-order chi connectivity index (χ1) is 9.19. The Bertz CT molecular complexity index is 468. The molecule has 0 saturated carbocycles. The SMILES string of the molecule is CC1C(=O)NC2=C(CN(C(=O)OC(C)(C)C)CC2)C1Cl. The van der Waals surface area contributed by atoms with E-state index in [-0.39, 0.29) is 23.3 Å². The summed E-state index contributed by atoms with van der Waals surface area (Å²) in [5.41, 5.74) is 1.28. The van der Waals surface area contributed by atoms with E-state index in [0.717, 1.165) is 11.3 Å². The van der Waals surface area contributed by atoms with Crippen LogP contribution in [0.25, 0.3) is 0 Å². The van der Waals surface area contributed by atoms with Crippen molar-refractivity contribution in [3.63, 3.8) is 0 Å². The van der Waals surface area contributed by atoms with Crippen LogP contribution in [-0.2, 0) is 9.53 Å². The van der Waals surface area contributed by atoms with Crippen molar-refractivity contribution < 1.29 is 14.3 Å². The van der Waals surface area contributed by atoms with Gasteiger partial charge in [0.1, 0.15) is 5.60 Å². The molecule has 1 N–H and O–H groups in total. The summed E-state index contributed by atoms with van der Waals surface area (Å²) in [6, 6.07) is 0. The molecule has 5 nitrogen and oxygen atoms in total. The number of hydrogen-bond donors (Lipinski definition) is 1. The van der Waals surface area contributed by atoms with Crippen LogP contribution >= 0.6 is 11.6 Å². The molecule has 0 aromatic heterocycles. The lowest BCUT2D eigenvalue weighted by Crippen LogP contribution is -2.49. The zero-order valence-electron chi connectivity index (χ0n) is 12.3. The Morgan fingerprint density at radius 2 is 2.10 bits per heavy atom. The number of nitrogens with zero attached hydrogens (tertiary/aromatic N) is 1. The number of ether oxygens (including phenoxy) is 1. The second-order valence-electron chi connectivity index (χ2n) is 6.34. The highest BCUT2D eigenvalue weighted by molar-refractivity contribution is 6.24. The van der Waals surface area contributed by atoms with Crippen LogP contribution in [0.1, 0.15) is 34.1 Å². The number of rotatable bonds is 0. The van der Waals surface area contributed by atoms with Gasteiger partial charge in [-0.05, 0) is 26.3 Å². The van der Waals surface area contributed by atoms with Crippen LogP contribution in [-0.4, -0.2) is 41.0 Å². The van der Waals surface area contributed by atoms with Gasteiger partial charge in [-0.1, -0.05) is 6.92 Å². The van der Waals surface area contributed by atoms with Gasteiger partial charge in [-0.15, -0.1) is 11.6 Å². The Labute approximate surface area is 124 Å². The summed E-state index contributed by atoms with van der Waals surface area (Å²) in [7, 11) is 0. The van der Waals surface area contributed by atoms with Crippen molar-refractivity contribution in [1.82, 2.24) is 10.2 Å². The van der Waals surface area contributed by atoms with Crippen molar-refractivity contribution in [2.24, 2.45) is 5.92 Å². The Morgan fingerprint density at radius 1 is 1.45 bits per heavy atom. The van der Waals surface area contributed by atoms with Gasteiger partial charge in [-0.3, -0.25) is 4.79 Å². The molecule has 2 rings (SSSR count). The number of carbonyl (C=O) groups excluding carboxylic acids is 2. The molecule has 0 spiro atoms. The van der Waals surface area contributed by atoms with Crippen molar-refractivity contribution in [1.29, 1.82) is 0 Å². The van der Waals surface area contributed by atoms with Crippen molar-refractivity contribution in [2.75, 3.05) is 13.1 Å². The maximum atomic E-state index is 12.1. The minimum atomic E-state index is -0.514. The molecule has 0 aromatic rings. The minimum absolute atomic E-state index is 0.0468. The number of nitrogens with one attached hydrogen (secondary N) is 1. The van der Waals surface area contributed by atoms with E-state index >= 15 is 0 Å². The molecule has 2 atom stereocenters. The molecule has 2 amide bonds. The van der Waals surface area contributed by atoms with E-state index in [1.165, 1.54) is 0 Å². The molecule has 0 saturated heterocycles. The molecule has 0 radical (unpaired) electrons. The summed E-state index contributed by atoms with van der Waals surface area (Å²) in [5, 5.41) is 2.53. The summed E-state index contributed by atoms with van der Waals surface area (Å²) in [6.07, 6.45) is 0.272. The molecule has 20 heavy (non-hydrogen) atoms. The fourth-order valence-electron chi connectivity index (χ4n) is 2.36. The standard InChI is InChI=1S/C14H21ClN2O3/c1-8-11(15)9-7-17(13(19)20-14(2,3)4)6-5-10(9)16-12(8)18/h8,11H,5-7H2,1-4H3,(H,16,18). The maximum Gasteiger partial charge on any atom is 0.410 e. The third kappa shape index (κ3) is 3.08. The summed E-state index contributed by atoms with van der Waals surface area (Å²) in [5.74, 6) is -0.330. The molecule has 0 aromatic carbocycles. The maximum absolute atomic E-state index is 12.1. The molecule has 2 heterocycles. The minimum Gasteiger partial charge on any atom is -0.444 e. The smallest absolute Gasteiger partial charge is 0.410 e. The Hall–Kier alpha value is -1.23. The fourth-order valence-corrected chi connectivity index (χ4v) is 2.68. The largest absolute Gasteiger partial charge is 0.444 e. The van der Waals surface area contributed by atoms with Crippen LogP contribution in [0, 0.1) is 5.92 Å². The molecule has 2 unspecified atom stereocenters. The Morgan fingerprint density at radius 3 is 2.70 bits per heavy atom. The lowest BCUT2D eigenvalue weighted by molar-refractivity contribution is -0.124. The molecule has 0 fully saturated rings. The molecule has 2 aliphatic heterocycles. The number of carbonyl (C=O) groups is 2. The normalized spacial score (nSPS) is 27.1. The van der Waals surface area contributed by atoms with E-state index in [2.05, 4.69) is 5.32 Å². The van der Waals surface area contributed by atoms with Crippen molar-refractivity contribution in [2.45, 2.75) is 45.1 Å². The third-order valence-corrected chi connectivity index (χ3v) is 4.13. The quantitative estimate of drug-likeness (QED) is 0.698. The molecule has 0 aliphatic carbocycles. The monoisotopic (exact) mass is 300 g/mol. The summed E-state index contributed by atoms with van der Waals surface area (Å²) >= 11 is 6.34. The number of halogens is 1. The van der Waals surface area contributed by atoms with Crippen LogP contribution in [0.3, 0.4) is 0 Å². The third-order valence-electron chi connectivity index (χ3n) is 3.49. The van der Waals surface area contributed by atoms with Crippen molar-refractivity contribution in [3.05, 3.63) is 11.3 Å². The van der Waals surface area contributed by atoms with E-state index in [9.17, 15) is 9.59 Å². The van der Waals surface area contributed by atoms with Gasteiger partial charge >= 0.3 is 6.09 Å². The predicted molar refractivity (Wildman–Crippen MR) is 76.4 cm³/mol. The van der Waals surface area contributed by atoms with Gasteiger partial charge in [0.05, 0.1) is 11.3 Å². The fraction of sp³-hybridized carbons (Fsp3) is 0.714. The van der Waals surface area contributed by atoms with Gasteiger partial charge in [0.2, 0.25) is 5.91 Å². The highest BCUT2D eigenvalue weighted by Gasteiger charge is 2.37. The summed E-state index contributed by atoms with van der Waals surface area (Å²) in [6.45, 7) is 8.27. The van der Waals surface area contributed by atoms with E-state index < -0.39 is 5.60 Å². The van der Waals surface area contributed by atoms with Gasteiger partial charge in [0.15, 0.2) is 0 Å². The average Bonchev–Trinajstić information content (AvgIpc) is 2.34. The van der Waals surface area contributed by atoms with Crippen LogP contribution < -0.4 is 5.32 Å². The highest BCUT2D eigenvalue weighted by Crippen LogP contribution is 2.31. The van der Waals surface area contributed by atoms with Crippen LogP contribution in [0.15, 0.2) is 11.3 Å². The zero-order valence-corrected chi connectivity index (χ0v) is 13.1. The van der Waals surface area contributed by atoms with Gasteiger partial charge < -0.3 is 15.0 Å². The van der Waals surface area contributed by atoms with E-state index in [1.54, 1.807) is 11.8 Å². The lowest BCUT2D eigenvalue weighted by atomic mass is 9.90. The molecular weight excluding hydrogens is 280 g/mol. The highest BCUT2D eigenvalue weighted by atomic mass is 35.5. The van der Waals surface area contributed by atoms with Gasteiger partial charge in [-0.2, -0.15) is 0 Å². The molecular formula is C14H21ClN2O3. The van der Waals surface area contributed by atoms with Gasteiger partial charge in [-0.25, -0.2) is 4.79 Å². The molecule has 2 aliphatic rings. The van der Waals surface area contributed by atoms with Crippen LogP contribution in [0.4, 0.5) is 4.79 Å². The topological polar surface area (TPSA) is 58.6 Å². The van der Waals surface area contributed by atoms with Crippen molar-refractivity contribution >= 4 is 23.6 Å². The first kappa shape index (κ1) is 15.2. The summed E-state index contributed by atoms with van der Waals surface area (Å²) < 4.78 is 5.37.